The highest BCUT2D eigenvalue weighted by Gasteiger charge is 2.04. The molecule has 18 heavy (non-hydrogen) atoms. The van der Waals surface area contributed by atoms with E-state index >= 15 is 0 Å². The molecule has 2 aromatic rings. The zero-order valence-corrected chi connectivity index (χ0v) is 9.92. The van der Waals surface area contributed by atoms with Gasteiger partial charge in [0.15, 0.2) is 0 Å². The number of hydrogen-bond acceptors (Lipinski definition) is 5. The first-order valence-electron chi connectivity index (χ1n) is 5.45. The maximum atomic E-state index is 11.6. The molecule has 2 heterocycles. The summed E-state index contributed by atoms with van der Waals surface area (Å²) in [6.45, 7) is 1.87. The maximum absolute atomic E-state index is 11.6. The Kier molecular flexibility index (Phi) is 3.74. The molecule has 0 unspecified atom stereocenters. The molecule has 0 fully saturated rings. The normalized spacial score (nSPS) is 10.3. The highest BCUT2D eigenvalue weighted by molar-refractivity contribution is 5.20. The fraction of sp³-hybridized carbons (Fsp3) is 0.231. The summed E-state index contributed by atoms with van der Waals surface area (Å²) in [6, 6.07) is 3.14. The van der Waals surface area contributed by atoms with Crippen LogP contribution in [0.15, 0.2) is 40.0 Å². The number of aliphatic hydroxyl groups is 1. The monoisotopic (exact) mass is 247 g/mol. The van der Waals surface area contributed by atoms with E-state index in [2.05, 4.69) is 4.98 Å². The first-order valence-corrected chi connectivity index (χ1v) is 5.45. The highest BCUT2D eigenvalue weighted by Crippen LogP contribution is 2.09. The number of aromatic nitrogens is 1. The Labute approximate surface area is 104 Å². The molecule has 0 aliphatic carbocycles. The fourth-order valence-corrected chi connectivity index (χ4v) is 1.48. The van der Waals surface area contributed by atoms with E-state index in [1.807, 2.05) is 13.0 Å². The summed E-state index contributed by atoms with van der Waals surface area (Å²) in [4.78, 5) is 15.6. The van der Waals surface area contributed by atoms with Crippen LogP contribution in [0.25, 0.3) is 0 Å². The van der Waals surface area contributed by atoms with E-state index in [1.165, 1.54) is 12.3 Å². The third-order valence-corrected chi connectivity index (χ3v) is 2.33. The summed E-state index contributed by atoms with van der Waals surface area (Å²) < 4.78 is 10.4. The average Bonchev–Trinajstić information content (AvgIpc) is 2.37. The van der Waals surface area contributed by atoms with Crippen LogP contribution in [0.2, 0.25) is 0 Å². The maximum Gasteiger partial charge on any atom is 0.227 e. The minimum atomic E-state index is -0.314. The predicted octanol–water partition coefficient (Wildman–Crippen LogP) is 1.41. The molecule has 2 rings (SSSR count). The lowest BCUT2D eigenvalue weighted by atomic mass is 10.2. The average molecular weight is 247 g/mol. The van der Waals surface area contributed by atoms with Crippen molar-refractivity contribution in [1.29, 1.82) is 0 Å². The van der Waals surface area contributed by atoms with E-state index < -0.39 is 0 Å². The van der Waals surface area contributed by atoms with Crippen LogP contribution in [-0.4, -0.2) is 10.1 Å². The van der Waals surface area contributed by atoms with Crippen LogP contribution in [0.3, 0.4) is 0 Å². The van der Waals surface area contributed by atoms with Gasteiger partial charge < -0.3 is 14.3 Å². The molecule has 0 radical (unpaired) electrons. The van der Waals surface area contributed by atoms with Gasteiger partial charge in [-0.05, 0) is 18.6 Å². The molecule has 0 amide bonds. The van der Waals surface area contributed by atoms with Crippen LogP contribution in [0.1, 0.15) is 16.9 Å². The SMILES string of the molecule is Cc1cncc(COc2coc(CO)cc2=O)c1. The first-order chi connectivity index (χ1) is 8.69. The molecule has 0 bridgehead atoms. The van der Waals surface area contributed by atoms with Gasteiger partial charge in [-0.3, -0.25) is 9.78 Å². The molecule has 2 aromatic heterocycles. The molecule has 5 heteroatoms. The van der Waals surface area contributed by atoms with Crippen molar-refractivity contribution in [2.24, 2.45) is 0 Å². The molecule has 5 nitrogen and oxygen atoms in total. The molecule has 0 saturated heterocycles. The van der Waals surface area contributed by atoms with Gasteiger partial charge in [0, 0.05) is 24.0 Å². The number of pyridine rings is 1. The standard InChI is InChI=1S/C13H13NO4/c1-9-2-10(5-14-4-9)7-18-13-8-17-11(6-15)3-12(13)16/h2-5,8,15H,6-7H2,1H3. The van der Waals surface area contributed by atoms with Gasteiger partial charge in [0.05, 0.1) is 0 Å². The van der Waals surface area contributed by atoms with Crippen molar-refractivity contribution in [1.82, 2.24) is 4.98 Å². The molecule has 0 saturated carbocycles. The molecule has 0 atom stereocenters. The van der Waals surface area contributed by atoms with Crippen molar-refractivity contribution < 1.29 is 14.3 Å². The van der Waals surface area contributed by atoms with Crippen LogP contribution < -0.4 is 10.2 Å². The van der Waals surface area contributed by atoms with E-state index in [1.54, 1.807) is 12.4 Å². The Bertz CT molecular complexity index is 592. The topological polar surface area (TPSA) is 72.6 Å². The second-order valence-corrected chi connectivity index (χ2v) is 3.89. The van der Waals surface area contributed by atoms with E-state index in [4.69, 9.17) is 14.3 Å². The third-order valence-electron chi connectivity index (χ3n) is 2.33. The number of nitrogens with zero attached hydrogens (tertiary/aromatic N) is 1. The summed E-state index contributed by atoms with van der Waals surface area (Å²) in [5.41, 5.74) is 1.59. The largest absolute Gasteiger partial charge is 0.482 e. The third kappa shape index (κ3) is 2.95. The molecule has 1 N–H and O–H groups in total. The van der Waals surface area contributed by atoms with Crippen molar-refractivity contribution >= 4 is 0 Å². The number of ether oxygens (including phenoxy) is 1. The van der Waals surface area contributed by atoms with Crippen LogP contribution in [0, 0.1) is 6.92 Å². The molecule has 0 aromatic carbocycles. The summed E-state index contributed by atoms with van der Waals surface area (Å²) in [5, 5.41) is 8.81. The van der Waals surface area contributed by atoms with E-state index in [-0.39, 0.29) is 30.2 Å². The Morgan fingerprint density at radius 1 is 1.39 bits per heavy atom. The Balaban J connectivity index is 2.09. The molecule has 0 aliphatic heterocycles. The van der Waals surface area contributed by atoms with Gasteiger partial charge in [0.2, 0.25) is 11.2 Å². The van der Waals surface area contributed by atoms with Gasteiger partial charge in [0.25, 0.3) is 0 Å². The van der Waals surface area contributed by atoms with Gasteiger partial charge in [-0.25, -0.2) is 0 Å². The van der Waals surface area contributed by atoms with Gasteiger partial charge in [0.1, 0.15) is 25.2 Å². The van der Waals surface area contributed by atoms with Crippen molar-refractivity contribution in [3.05, 3.63) is 57.9 Å². The van der Waals surface area contributed by atoms with Crippen LogP contribution >= 0.6 is 0 Å². The highest BCUT2D eigenvalue weighted by atomic mass is 16.5. The Morgan fingerprint density at radius 3 is 2.89 bits per heavy atom. The molecule has 94 valence electrons. The lowest BCUT2D eigenvalue weighted by Crippen LogP contribution is -2.08. The second kappa shape index (κ2) is 5.46. The number of hydrogen-bond donors (Lipinski definition) is 1. The molecule has 0 aliphatic rings. The number of aliphatic hydroxyl groups excluding tert-OH is 1. The lowest BCUT2D eigenvalue weighted by molar-refractivity contribution is 0.236. The van der Waals surface area contributed by atoms with E-state index in [9.17, 15) is 4.79 Å². The second-order valence-electron chi connectivity index (χ2n) is 3.89. The van der Waals surface area contributed by atoms with Crippen LogP contribution in [0.4, 0.5) is 0 Å². The smallest absolute Gasteiger partial charge is 0.227 e. The summed E-state index contributed by atoms with van der Waals surface area (Å²) in [7, 11) is 0. The first kappa shape index (κ1) is 12.3. The Hall–Kier alpha value is -2.14. The van der Waals surface area contributed by atoms with Gasteiger partial charge in [-0.2, -0.15) is 0 Å². The molecule has 0 spiro atoms. The van der Waals surface area contributed by atoms with Crippen LogP contribution in [-0.2, 0) is 13.2 Å². The van der Waals surface area contributed by atoms with Crippen molar-refractivity contribution in [2.75, 3.05) is 0 Å². The minimum absolute atomic E-state index is 0.119. The summed E-state index contributed by atoms with van der Waals surface area (Å²) in [6.07, 6.45) is 4.63. The lowest BCUT2D eigenvalue weighted by Gasteiger charge is -2.05. The fourth-order valence-electron chi connectivity index (χ4n) is 1.48. The van der Waals surface area contributed by atoms with Gasteiger partial charge in [-0.1, -0.05) is 0 Å². The summed E-state index contributed by atoms with van der Waals surface area (Å²) in [5.74, 6) is 0.332. The predicted molar refractivity (Wildman–Crippen MR) is 64.2 cm³/mol. The Morgan fingerprint density at radius 2 is 2.22 bits per heavy atom. The van der Waals surface area contributed by atoms with Crippen molar-refractivity contribution in [3.63, 3.8) is 0 Å². The quantitative estimate of drug-likeness (QED) is 0.884. The van der Waals surface area contributed by atoms with E-state index in [0.29, 0.717) is 0 Å². The minimum Gasteiger partial charge on any atom is -0.482 e. The van der Waals surface area contributed by atoms with Gasteiger partial charge >= 0.3 is 0 Å². The van der Waals surface area contributed by atoms with E-state index in [0.717, 1.165) is 11.1 Å². The zero-order valence-electron chi connectivity index (χ0n) is 9.92. The van der Waals surface area contributed by atoms with Crippen LogP contribution in [0.5, 0.6) is 5.75 Å². The number of rotatable bonds is 4. The van der Waals surface area contributed by atoms with Crippen molar-refractivity contribution in [3.8, 4) is 5.75 Å². The van der Waals surface area contributed by atoms with Crippen molar-refractivity contribution in [2.45, 2.75) is 20.1 Å². The molecular weight excluding hydrogens is 234 g/mol. The molecular formula is C13H13NO4. The summed E-state index contributed by atoms with van der Waals surface area (Å²) >= 11 is 0. The zero-order chi connectivity index (χ0) is 13.0. The van der Waals surface area contributed by atoms with Gasteiger partial charge in [-0.15, -0.1) is 0 Å². The number of aryl methyl sites for hydroxylation is 1.